The van der Waals surface area contributed by atoms with Gasteiger partial charge in [-0.15, -0.1) is 0 Å². The van der Waals surface area contributed by atoms with Gasteiger partial charge in [0.1, 0.15) is 0 Å². The quantitative estimate of drug-likeness (QED) is 0.824. The van der Waals surface area contributed by atoms with E-state index in [1.807, 2.05) is 44.3 Å². The lowest BCUT2D eigenvalue weighted by Crippen LogP contribution is -2.40. The second-order valence-corrected chi connectivity index (χ2v) is 8.15. The number of anilines is 1. The second kappa shape index (κ2) is 8.16. The van der Waals surface area contributed by atoms with Crippen LogP contribution in [-0.4, -0.2) is 39.7 Å². The summed E-state index contributed by atoms with van der Waals surface area (Å²) in [7, 11) is -1.48. The first-order chi connectivity index (χ1) is 11.9. The fourth-order valence-electron chi connectivity index (χ4n) is 2.47. The number of benzene rings is 2. The molecule has 1 atom stereocenters. The van der Waals surface area contributed by atoms with Crippen molar-refractivity contribution in [3.63, 3.8) is 0 Å². The molecule has 6 heteroatoms. The maximum absolute atomic E-state index is 12.5. The zero-order valence-electron chi connectivity index (χ0n) is 14.8. The number of nitrogens with one attached hydrogen (secondary N) is 1. The highest BCUT2D eigenvalue weighted by Crippen LogP contribution is 2.17. The van der Waals surface area contributed by atoms with E-state index in [1.165, 1.54) is 6.07 Å². The molecule has 1 amide bonds. The molecule has 0 aliphatic rings. The van der Waals surface area contributed by atoms with Gasteiger partial charge in [-0.3, -0.25) is 4.79 Å². The zero-order chi connectivity index (χ0) is 18.4. The van der Waals surface area contributed by atoms with Crippen LogP contribution in [0.4, 0.5) is 5.69 Å². The molecule has 0 saturated carbocycles. The summed E-state index contributed by atoms with van der Waals surface area (Å²) in [5.41, 5.74) is 1.25. The summed E-state index contributed by atoms with van der Waals surface area (Å²) < 4.78 is 24.3. The van der Waals surface area contributed by atoms with Gasteiger partial charge in [-0.2, -0.15) is 0 Å². The van der Waals surface area contributed by atoms with Gasteiger partial charge in [0.25, 0.3) is 5.91 Å². The molecular formula is C19H24N2O3S. The first-order valence-corrected chi connectivity index (χ1v) is 9.90. The molecule has 5 nitrogen and oxygen atoms in total. The van der Waals surface area contributed by atoms with Crippen molar-refractivity contribution in [1.29, 1.82) is 0 Å². The molecule has 0 bridgehead atoms. The maximum Gasteiger partial charge on any atom is 0.252 e. The van der Waals surface area contributed by atoms with Gasteiger partial charge in [-0.25, -0.2) is 8.42 Å². The molecular weight excluding hydrogens is 336 g/mol. The third-order valence-electron chi connectivity index (χ3n) is 4.23. The number of rotatable bonds is 7. The van der Waals surface area contributed by atoms with Gasteiger partial charge < -0.3 is 10.2 Å². The van der Waals surface area contributed by atoms with Crippen molar-refractivity contribution in [3.8, 4) is 0 Å². The van der Waals surface area contributed by atoms with Gasteiger partial charge in [-0.1, -0.05) is 37.3 Å². The Balaban J connectivity index is 2.09. The monoisotopic (exact) mass is 360 g/mol. The Labute approximate surface area is 149 Å². The minimum absolute atomic E-state index is 0.0373. The van der Waals surface area contributed by atoms with Crippen LogP contribution < -0.4 is 10.2 Å². The lowest BCUT2D eigenvalue weighted by molar-refractivity contribution is 0.0948. The highest BCUT2D eigenvalue weighted by atomic mass is 32.2. The van der Waals surface area contributed by atoms with E-state index in [0.717, 1.165) is 5.69 Å². The van der Waals surface area contributed by atoms with Crippen molar-refractivity contribution in [3.05, 3.63) is 60.2 Å². The van der Waals surface area contributed by atoms with E-state index >= 15 is 0 Å². The second-order valence-electron chi connectivity index (χ2n) is 5.91. The van der Waals surface area contributed by atoms with Gasteiger partial charge in [0.15, 0.2) is 9.84 Å². The summed E-state index contributed by atoms with van der Waals surface area (Å²) in [5.74, 6) is -0.411. The van der Waals surface area contributed by atoms with E-state index in [9.17, 15) is 13.2 Å². The summed E-state index contributed by atoms with van der Waals surface area (Å²) in [6, 6.07) is 16.3. The van der Waals surface area contributed by atoms with Gasteiger partial charge in [0.2, 0.25) is 0 Å². The summed E-state index contributed by atoms with van der Waals surface area (Å²) >= 11 is 0. The van der Waals surface area contributed by atoms with Crippen LogP contribution in [0.25, 0.3) is 0 Å². The maximum atomic E-state index is 12.5. The third-order valence-corrected chi connectivity index (χ3v) is 6.02. The van der Waals surface area contributed by atoms with E-state index < -0.39 is 9.84 Å². The average Bonchev–Trinajstić information content (AvgIpc) is 2.65. The topological polar surface area (TPSA) is 66.5 Å². The predicted octanol–water partition coefficient (Wildman–Crippen LogP) is 2.73. The van der Waals surface area contributed by atoms with E-state index in [1.54, 1.807) is 25.1 Å². The number of carbonyl (C=O) groups excluding carboxylic acids is 1. The number of carbonyl (C=O) groups is 1. The Morgan fingerprint density at radius 1 is 1.08 bits per heavy atom. The van der Waals surface area contributed by atoms with Gasteiger partial charge >= 0.3 is 0 Å². The Morgan fingerprint density at radius 3 is 2.32 bits per heavy atom. The van der Waals surface area contributed by atoms with Crippen molar-refractivity contribution in [2.24, 2.45) is 0 Å². The molecule has 0 radical (unpaired) electrons. The first kappa shape index (κ1) is 19.0. The van der Waals surface area contributed by atoms with Crippen LogP contribution >= 0.6 is 0 Å². The van der Waals surface area contributed by atoms with Gasteiger partial charge in [0.05, 0.1) is 16.2 Å². The van der Waals surface area contributed by atoms with Crippen molar-refractivity contribution in [2.75, 3.05) is 24.2 Å². The molecule has 0 aliphatic heterocycles. The minimum atomic E-state index is -3.44. The van der Waals surface area contributed by atoms with Crippen LogP contribution in [0.2, 0.25) is 0 Å². The van der Waals surface area contributed by atoms with E-state index in [2.05, 4.69) is 10.2 Å². The number of likely N-dealkylation sites (N-methyl/N-ethyl adjacent to an activating group) is 1. The Kier molecular flexibility index (Phi) is 6.20. The highest BCUT2D eigenvalue weighted by Gasteiger charge is 2.21. The van der Waals surface area contributed by atoms with E-state index in [0.29, 0.717) is 6.54 Å². The summed E-state index contributed by atoms with van der Waals surface area (Å²) in [6.07, 6.45) is 0. The summed E-state index contributed by atoms with van der Waals surface area (Å²) in [6.45, 7) is 3.98. The molecule has 0 aliphatic carbocycles. The number of amides is 1. The fourth-order valence-corrected chi connectivity index (χ4v) is 3.56. The molecule has 1 N–H and O–H groups in total. The number of hydrogen-bond acceptors (Lipinski definition) is 4. The molecule has 0 saturated heterocycles. The van der Waals surface area contributed by atoms with Crippen molar-refractivity contribution >= 4 is 21.4 Å². The van der Waals surface area contributed by atoms with Crippen LogP contribution in [0.15, 0.2) is 59.5 Å². The minimum Gasteiger partial charge on any atom is -0.370 e. The zero-order valence-corrected chi connectivity index (χ0v) is 15.6. The number of nitrogens with zero attached hydrogens (tertiary/aromatic N) is 1. The normalized spacial score (nSPS) is 12.4. The number of para-hydroxylation sites is 1. The van der Waals surface area contributed by atoms with Gasteiger partial charge in [-0.05, 0) is 31.2 Å². The molecule has 0 aromatic heterocycles. The van der Waals surface area contributed by atoms with Crippen LogP contribution in [0, 0.1) is 0 Å². The largest absolute Gasteiger partial charge is 0.370 e. The van der Waals surface area contributed by atoms with Crippen LogP contribution in [0.5, 0.6) is 0 Å². The fraction of sp³-hybridized carbons (Fsp3) is 0.316. The van der Waals surface area contributed by atoms with E-state index in [-0.39, 0.29) is 28.2 Å². The van der Waals surface area contributed by atoms with Crippen molar-refractivity contribution < 1.29 is 13.2 Å². The molecule has 134 valence electrons. The highest BCUT2D eigenvalue weighted by molar-refractivity contribution is 7.91. The molecule has 2 aromatic rings. The predicted molar refractivity (Wildman–Crippen MR) is 101 cm³/mol. The average molecular weight is 360 g/mol. The number of hydrogen-bond donors (Lipinski definition) is 1. The van der Waals surface area contributed by atoms with Crippen LogP contribution in [-0.2, 0) is 9.84 Å². The molecule has 25 heavy (non-hydrogen) atoms. The lowest BCUT2D eigenvalue weighted by Gasteiger charge is -2.27. The molecule has 0 heterocycles. The van der Waals surface area contributed by atoms with Gasteiger partial charge in [0, 0.05) is 25.3 Å². The van der Waals surface area contributed by atoms with Crippen LogP contribution in [0.3, 0.4) is 0 Å². The SMILES string of the molecule is CCS(=O)(=O)c1ccccc1C(=O)NCC(C)N(C)c1ccccc1. The first-order valence-electron chi connectivity index (χ1n) is 8.24. The Hall–Kier alpha value is -2.34. The van der Waals surface area contributed by atoms with Crippen molar-refractivity contribution in [2.45, 2.75) is 24.8 Å². The standard InChI is InChI=1S/C19H24N2O3S/c1-4-25(23,24)18-13-9-8-12-17(18)19(22)20-14-15(2)21(3)16-10-6-5-7-11-16/h5-13,15H,4,14H2,1-3H3,(H,20,22). The molecule has 0 fully saturated rings. The summed E-state index contributed by atoms with van der Waals surface area (Å²) in [5, 5.41) is 2.84. The smallest absolute Gasteiger partial charge is 0.252 e. The Morgan fingerprint density at radius 2 is 1.68 bits per heavy atom. The van der Waals surface area contributed by atoms with E-state index in [4.69, 9.17) is 0 Å². The summed E-state index contributed by atoms with van der Waals surface area (Å²) in [4.78, 5) is 14.6. The van der Waals surface area contributed by atoms with Crippen molar-refractivity contribution in [1.82, 2.24) is 5.32 Å². The lowest BCUT2D eigenvalue weighted by atomic mass is 10.2. The molecule has 0 spiro atoms. The molecule has 2 rings (SSSR count). The molecule has 2 aromatic carbocycles. The number of sulfone groups is 1. The Bertz CT molecular complexity index is 820. The third kappa shape index (κ3) is 4.60. The van der Waals surface area contributed by atoms with Crippen LogP contribution in [0.1, 0.15) is 24.2 Å². The molecule has 1 unspecified atom stereocenters.